The summed E-state index contributed by atoms with van der Waals surface area (Å²) in [6.45, 7) is 3.26. The smallest absolute Gasteiger partial charge is 0.232 e. The van der Waals surface area contributed by atoms with E-state index in [0.717, 1.165) is 24.1 Å². The summed E-state index contributed by atoms with van der Waals surface area (Å²) in [5, 5.41) is 3.69. The number of benzene rings is 1. The van der Waals surface area contributed by atoms with Crippen molar-refractivity contribution in [1.29, 1.82) is 0 Å². The van der Waals surface area contributed by atoms with Crippen molar-refractivity contribution in [1.82, 2.24) is 4.98 Å². The third-order valence-corrected chi connectivity index (χ3v) is 4.99. The van der Waals surface area contributed by atoms with Gasteiger partial charge in [-0.05, 0) is 31.7 Å². The molecule has 1 saturated heterocycles. The Hall–Kier alpha value is -1.72. The molecule has 0 unspecified atom stereocenters. The van der Waals surface area contributed by atoms with Crippen molar-refractivity contribution >= 4 is 22.4 Å². The molecule has 22 heavy (non-hydrogen) atoms. The first kappa shape index (κ1) is 15.2. The van der Waals surface area contributed by atoms with Crippen LogP contribution in [0.1, 0.15) is 23.3 Å². The Labute approximate surface area is 134 Å². The highest BCUT2D eigenvalue weighted by Gasteiger charge is 2.40. The lowest BCUT2D eigenvalue weighted by molar-refractivity contribution is -0.131. The Morgan fingerprint density at radius 3 is 2.68 bits per heavy atom. The second kappa shape index (κ2) is 6.58. The highest BCUT2D eigenvalue weighted by Crippen LogP contribution is 2.36. The highest BCUT2D eigenvalue weighted by atomic mass is 32.1. The van der Waals surface area contributed by atoms with Crippen molar-refractivity contribution in [3.8, 4) is 0 Å². The molecule has 5 heteroatoms. The van der Waals surface area contributed by atoms with E-state index in [1.54, 1.807) is 6.20 Å². The lowest BCUT2D eigenvalue weighted by Crippen LogP contribution is -2.42. The van der Waals surface area contributed by atoms with Gasteiger partial charge in [0.05, 0.1) is 5.41 Å². The summed E-state index contributed by atoms with van der Waals surface area (Å²) in [5.74, 6) is 0.0639. The minimum absolute atomic E-state index is 0.0639. The molecule has 0 saturated carbocycles. The van der Waals surface area contributed by atoms with Gasteiger partial charge in [-0.1, -0.05) is 30.3 Å². The van der Waals surface area contributed by atoms with Gasteiger partial charge in [0, 0.05) is 24.3 Å². The van der Waals surface area contributed by atoms with Gasteiger partial charge in [-0.3, -0.25) is 4.79 Å². The zero-order chi connectivity index (χ0) is 15.4. The fourth-order valence-corrected chi connectivity index (χ4v) is 3.53. The summed E-state index contributed by atoms with van der Waals surface area (Å²) < 4.78 is 5.47. The molecule has 1 fully saturated rings. The Morgan fingerprint density at radius 1 is 1.32 bits per heavy atom. The number of carbonyl (C=O) groups excluding carboxylic acids is 1. The van der Waals surface area contributed by atoms with Crippen LogP contribution in [0.4, 0.5) is 5.13 Å². The second-order valence-corrected chi connectivity index (χ2v) is 7.02. The summed E-state index contributed by atoms with van der Waals surface area (Å²) in [6, 6.07) is 10.2. The maximum Gasteiger partial charge on any atom is 0.232 e. The van der Waals surface area contributed by atoms with Gasteiger partial charge in [-0.25, -0.2) is 4.98 Å². The molecule has 0 radical (unpaired) electrons. The van der Waals surface area contributed by atoms with Crippen molar-refractivity contribution < 1.29 is 9.53 Å². The molecular formula is C17H20N2O2S. The van der Waals surface area contributed by atoms with E-state index in [4.69, 9.17) is 4.74 Å². The molecular weight excluding hydrogens is 296 g/mol. The summed E-state index contributed by atoms with van der Waals surface area (Å²) in [6.07, 6.45) is 4.03. The van der Waals surface area contributed by atoms with E-state index in [2.05, 4.69) is 22.4 Å². The minimum Gasteiger partial charge on any atom is -0.381 e. The number of hydrogen-bond donors (Lipinski definition) is 1. The monoisotopic (exact) mass is 316 g/mol. The van der Waals surface area contributed by atoms with E-state index < -0.39 is 5.41 Å². The van der Waals surface area contributed by atoms with Crippen molar-refractivity contribution in [3.05, 3.63) is 47.0 Å². The molecule has 4 nitrogen and oxygen atoms in total. The lowest BCUT2D eigenvalue weighted by Gasteiger charge is -2.35. The largest absolute Gasteiger partial charge is 0.381 e. The molecule has 1 aliphatic heterocycles. The molecule has 1 amide bonds. The van der Waals surface area contributed by atoms with Crippen LogP contribution in [0.3, 0.4) is 0 Å². The molecule has 2 aromatic rings. The average Bonchev–Trinajstić information content (AvgIpc) is 2.94. The zero-order valence-corrected chi connectivity index (χ0v) is 13.5. The molecule has 3 rings (SSSR count). The molecule has 1 aromatic heterocycles. The first-order valence-corrected chi connectivity index (χ1v) is 8.35. The standard InChI is InChI=1S/C17H20N2O2S/c1-13-12-18-16(22-13)19-15(20)17(7-9-21-10-8-17)11-14-5-3-2-4-6-14/h2-6,12H,7-11H2,1H3,(H,18,19,20). The molecule has 1 N–H and O–H groups in total. The van der Waals surface area contributed by atoms with Crippen LogP contribution < -0.4 is 5.32 Å². The molecule has 2 heterocycles. The Balaban J connectivity index is 1.80. The number of ether oxygens (including phenoxy) is 1. The predicted octanol–water partition coefficient (Wildman–Crippen LogP) is 3.43. The normalized spacial score (nSPS) is 17.1. The molecule has 0 atom stereocenters. The molecule has 0 aliphatic carbocycles. The zero-order valence-electron chi connectivity index (χ0n) is 12.7. The molecule has 116 valence electrons. The van der Waals surface area contributed by atoms with Crippen LogP contribution in [0.5, 0.6) is 0 Å². The fraction of sp³-hybridized carbons (Fsp3) is 0.412. The van der Waals surface area contributed by atoms with Gasteiger partial charge in [-0.15, -0.1) is 11.3 Å². The number of carbonyl (C=O) groups is 1. The Kier molecular flexibility index (Phi) is 4.55. The Morgan fingerprint density at radius 2 is 2.05 bits per heavy atom. The number of rotatable bonds is 4. The third-order valence-electron chi connectivity index (χ3n) is 4.16. The maximum absolute atomic E-state index is 12.9. The summed E-state index contributed by atoms with van der Waals surface area (Å²) in [5.41, 5.74) is 0.786. The lowest BCUT2D eigenvalue weighted by atomic mass is 9.74. The van der Waals surface area contributed by atoms with Gasteiger partial charge in [0.25, 0.3) is 0 Å². The second-order valence-electron chi connectivity index (χ2n) is 5.79. The highest BCUT2D eigenvalue weighted by molar-refractivity contribution is 7.15. The number of anilines is 1. The van der Waals surface area contributed by atoms with Crippen molar-refractivity contribution in [2.75, 3.05) is 18.5 Å². The van der Waals surface area contributed by atoms with E-state index >= 15 is 0 Å². The number of hydrogen-bond acceptors (Lipinski definition) is 4. The van der Waals surface area contributed by atoms with E-state index in [0.29, 0.717) is 18.3 Å². The summed E-state index contributed by atoms with van der Waals surface area (Å²) in [4.78, 5) is 18.2. The third kappa shape index (κ3) is 3.36. The minimum atomic E-state index is -0.404. The van der Waals surface area contributed by atoms with Gasteiger partial charge in [0.1, 0.15) is 0 Å². The van der Waals surface area contributed by atoms with Crippen LogP contribution in [-0.4, -0.2) is 24.1 Å². The van der Waals surface area contributed by atoms with Crippen LogP contribution in [-0.2, 0) is 16.0 Å². The van der Waals surface area contributed by atoms with Gasteiger partial charge in [0.2, 0.25) is 5.91 Å². The number of nitrogens with one attached hydrogen (secondary N) is 1. The van der Waals surface area contributed by atoms with Gasteiger partial charge >= 0.3 is 0 Å². The van der Waals surface area contributed by atoms with Crippen molar-refractivity contribution in [2.45, 2.75) is 26.2 Å². The van der Waals surface area contributed by atoms with E-state index in [1.807, 2.05) is 25.1 Å². The van der Waals surface area contributed by atoms with Crippen LogP contribution in [0.2, 0.25) is 0 Å². The number of nitrogens with zero attached hydrogens (tertiary/aromatic N) is 1. The maximum atomic E-state index is 12.9. The molecule has 0 spiro atoms. The SMILES string of the molecule is Cc1cnc(NC(=O)C2(Cc3ccccc3)CCOCC2)s1. The first-order valence-electron chi connectivity index (χ1n) is 7.54. The summed E-state index contributed by atoms with van der Waals surface area (Å²) >= 11 is 1.51. The van der Waals surface area contributed by atoms with E-state index in [1.165, 1.54) is 16.9 Å². The van der Waals surface area contributed by atoms with Crippen LogP contribution in [0.15, 0.2) is 36.5 Å². The molecule has 0 bridgehead atoms. The van der Waals surface area contributed by atoms with Gasteiger partial charge in [0.15, 0.2) is 5.13 Å². The fourth-order valence-electron chi connectivity index (χ4n) is 2.88. The predicted molar refractivity (Wildman–Crippen MR) is 88.1 cm³/mol. The van der Waals surface area contributed by atoms with Crippen LogP contribution in [0.25, 0.3) is 0 Å². The Bertz CT molecular complexity index is 633. The van der Waals surface area contributed by atoms with E-state index in [9.17, 15) is 4.79 Å². The summed E-state index contributed by atoms with van der Waals surface area (Å²) in [7, 11) is 0. The quantitative estimate of drug-likeness (QED) is 0.940. The van der Waals surface area contributed by atoms with Crippen LogP contribution >= 0.6 is 11.3 Å². The molecule has 1 aliphatic rings. The van der Waals surface area contributed by atoms with Crippen molar-refractivity contribution in [2.24, 2.45) is 5.41 Å². The van der Waals surface area contributed by atoms with E-state index in [-0.39, 0.29) is 5.91 Å². The first-order chi connectivity index (χ1) is 10.7. The number of thiazole rings is 1. The average molecular weight is 316 g/mol. The topological polar surface area (TPSA) is 51.2 Å². The number of amides is 1. The van der Waals surface area contributed by atoms with Gasteiger partial charge in [-0.2, -0.15) is 0 Å². The van der Waals surface area contributed by atoms with Crippen LogP contribution in [0, 0.1) is 12.3 Å². The number of aryl methyl sites for hydroxylation is 1. The number of aromatic nitrogens is 1. The van der Waals surface area contributed by atoms with Gasteiger partial charge < -0.3 is 10.1 Å². The molecule has 1 aromatic carbocycles. The van der Waals surface area contributed by atoms with Crippen molar-refractivity contribution in [3.63, 3.8) is 0 Å².